The third kappa shape index (κ3) is 2.45. The highest BCUT2D eigenvalue weighted by Gasteiger charge is 2.13. The number of para-hydroxylation sites is 1. The van der Waals surface area contributed by atoms with E-state index in [1.165, 1.54) is 27.7 Å². The van der Waals surface area contributed by atoms with Gasteiger partial charge in [-0.15, -0.1) is 5.10 Å². The molecule has 0 aliphatic rings. The maximum Gasteiger partial charge on any atom is 0.283 e. The first-order valence-corrected chi connectivity index (χ1v) is 7.33. The van der Waals surface area contributed by atoms with Crippen LogP contribution in [0.1, 0.15) is 5.56 Å². The molecule has 2 aromatic carbocycles. The summed E-state index contributed by atoms with van der Waals surface area (Å²) in [4.78, 5) is 16.9. The van der Waals surface area contributed by atoms with Crippen LogP contribution in [-0.4, -0.2) is 24.5 Å². The van der Waals surface area contributed by atoms with Crippen molar-refractivity contribution in [3.63, 3.8) is 0 Å². The molecule has 7 heteroatoms. The second kappa shape index (κ2) is 5.69. The molecule has 0 amide bonds. The Morgan fingerprint density at radius 3 is 2.50 bits per heavy atom. The summed E-state index contributed by atoms with van der Waals surface area (Å²) in [5.41, 5.74) is 1.90. The normalized spacial score (nSPS) is 11.0. The average Bonchev–Trinajstić information content (AvgIpc) is 3.05. The number of benzene rings is 2. The molecule has 0 atom stereocenters. The Morgan fingerprint density at radius 1 is 1.00 bits per heavy atom. The Morgan fingerprint density at radius 2 is 1.75 bits per heavy atom. The Kier molecular flexibility index (Phi) is 3.38. The zero-order valence-corrected chi connectivity index (χ0v) is 12.5. The van der Waals surface area contributed by atoms with Crippen molar-refractivity contribution in [1.29, 1.82) is 0 Å². The van der Waals surface area contributed by atoms with Crippen molar-refractivity contribution in [1.82, 2.24) is 24.5 Å². The summed E-state index contributed by atoms with van der Waals surface area (Å²) in [6.45, 7) is 0.292. The Hall–Kier alpha value is -3.35. The maximum absolute atomic E-state index is 13.0. The lowest BCUT2D eigenvalue weighted by atomic mass is 10.2. The second-order valence-electron chi connectivity index (χ2n) is 5.31. The zero-order valence-electron chi connectivity index (χ0n) is 12.5. The monoisotopic (exact) mass is 321 g/mol. The molecule has 0 aliphatic carbocycles. The van der Waals surface area contributed by atoms with Gasteiger partial charge in [-0.2, -0.15) is 4.68 Å². The van der Waals surface area contributed by atoms with Crippen LogP contribution < -0.4 is 5.56 Å². The van der Waals surface area contributed by atoms with Crippen molar-refractivity contribution < 1.29 is 4.39 Å². The molecule has 0 aliphatic heterocycles. The Balaban J connectivity index is 1.77. The molecule has 0 spiro atoms. The molecule has 0 radical (unpaired) electrons. The van der Waals surface area contributed by atoms with Gasteiger partial charge in [-0.25, -0.2) is 9.37 Å². The molecule has 4 aromatic rings. The Labute approximate surface area is 135 Å². The molecule has 0 fully saturated rings. The van der Waals surface area contributed by atoms with Crippen LogP contribution in [0.5, 0.6) is 0 Å². The predicted molar refractivity (Wildman–Crippen MR) is 86.4 cm³/mol. The standard InChI is InChI=1S/C17H12FN5O/c18-13-8-6-12(7-9-13)10-22-11-19-16-15(17(22)24)20-21-23(16)14-4-2-1-3-5-14/h1-9,11H,10H2. The van der Waals surface area contributed by atoms with E-state index in [9.17, 15) is 9.18 Å². The van der Waals surface area contributed by atoms with Gasteiger partial charge >= 0.3 is 0 Å². The van der Waals surface area contributed by atoms with Crippen molar-refractivity contribution in [2.24, 2.45) is 0 Å². The molecule has 2 heterocycles. The second-order valence-corrected chi connectivity index (χ2v) is 5.31. The molecule has 2 aromatic heterocycles. The van der Waals surface area contributed by atoms with E-state index in [4.69, 9.17) is 0 Å². The number of rotatable bonds is 3. The number of fused-ring (bicyclic) bond motifs is 1. The van der Waals surface area contributed by atoms with Gasteiger partial charge in [0.25, 0.3) is 5.56 Å². The third-order valence-electron chi connectivity index (χ3n) is 3.70. The molecule has 0 saturated heterocycles. The van der Waals surface area contributed by atoms with Crippen molar-refractivity contribution in [2.75, 3.05) is 0 Å². The van der Waals surface area contributed by atoms with Gasteiger partial charge in [0.1, 0.15) is 12.1 Å². The quantitative estimate of drug-likeness (QED) is 0.580. The van der Waals surface area contributed by atoms with Crippen LogP contribution in [0.4, 0.5) is 4.39 Å². The topological polar surface area (TPSA) is 65.6 Å². The van der Waals surface area contributed by atoms with Crippen LogP contribution in [0.3, 0.4) is 0 Å². The predicted octanol–water partition coefficient (Wildman–Crippen LogP) is 2.16. The highest BCUT2D eigenvalue weighted by molar-refractivity contribution is 5.70. The minimum absolute atomic E-state index is 0.198. The van der Waals surface area contributed by atoms with Crippen LogP contribution in [0.25, 0.3) is 16.9 Å². The molecule has 0 unspecified atom stereocenters. The zero-order chi connectivity index (χ0) is 16.5. The van der Waals surface area contributed by atoms with Crippen LogP contribution >= 0.6 is 0 Å². The molecule has 0 N–H and O–H groups in total. The maximum atomic E-state index is 13.0. The van der Waals surface area contributed by atoms with E-state index in [0.29, 0.717) is 12.2 Å². The summed E-state index contributed by atoms with van der Waals surface area (Å²) < 4.78 is 15.9. The fourth-order valence-corrected chi connectivity index (χ4v) is 2.49. The van der Waals surface area contributed by atoms with Gasteiger partial charge in [-0.3, -0.25) is 9.36 Å². The smallest absolute Gasteiger partial charge is 0.283 e. The average molecular weight is 321 g/mol. The van der Waals surface area contributed by atoms with E-state index in [1.807, 2.05) is 30.3 Å². The largest absolute Gasteiger partial charge is 0.293 e. The highest BCUT2D eigenvalue weighted by atomic mass is 19.1. The summed E-state index contributed by atoms with van der Waals surface area (Å²) in [6, 6.07) is 15.3. The molecule has 4 rings (SSSR count). The van der Waals surface area contributed by atoms with Crippen LogP contribution in [0.2, 0.25) is 0 Å². The lowest BCUT2D eigenvalue weighted by Gasteiger charge is -2.05. The summed E-state index contributed by atoms with van der Waals surface area (Å²) in [7, 11) is 0. The van der Waals surface area contributed by atoms with E-state index in [1.54, 1.807) is 12.1 Å². The number of halogens is 1. The molecule has 6 nitrogen and oxygen atoms in total. The minimum Gasteiger partial charge on any atom is -0.293 e. The van der Waals surface area contributed by atoms with Gasteiger partial charge < -0.3 is 0 Å². The fraction of sp³-hybridized carbons (Fsp3) is 0.0588. The van der Waals surface area contributed by atoms with Crippen molar-refractivity contribution >= 4 is 11.2 Å². The number of hydrogen-bond acceptors (Lipinski definition) is 4. The first-order valence-electron chi connectivity index (χ1n) is 7.33. The lowest BCUT2D eigenvalue weighted by Crippen LogP contribution is -2.21. The summed E-state index contributed by atoms with van der Waals surface area (Å²) in [5.74, 6) is -0.314. The summed E-state index contributed by atoms with van der Waals surface area (Å²) in [5, 5.41) is 8.00. The molecule has 0 saturated carbocycles. The Bertz CT molecular complexity index is 1050. The van der Waals surface area contributed by atoms with Crippen molar-refractivity contribution in [2.45, 2.75) is 6.54 Å². The van der Waals surface area contributed by atoms with Gasteiger partial charge in [0.2, 0.25) is 0 Å². The van der Waals surface area contributed by atoms with Gasteiger partial charge in [0, 0.05) is 0 Å². The first-order chi connectivity index (χ1) is 11.7. The fourth-order valence-electron chi connectivity index (χ4n) is 2.49. The molecular formula is C17H12FN5O. The first kappa shape index (κ1) is 14.3. The van der Waals surface area contributed by atoms with E-state index < -0.39 is 0 Å². The molecule has 0 bridgehead atoms. The van der Waals surface area contributed by atoms with E-state index in [0.717, 1.165) is 11.3 Å². The lowest BCUT2D eigenvalue weighted by molar-refractivity contribution is 0.626. The van der Waals surface area contributed by atoms with Gasteiger partial charge in [-0.1, -0.05) is 35.5 Å². The number of hydrogen-bond donors (Lipinski definition) is 0. The van der Waals surface area contributed by atoms with Crippen LogP contribution in [0, 0.1) is 5.82 Å². The SMILES string of the molecule is O=c1c2nnn(-c3ccccc3)c2ncn1Cc1ccc(F)cc1. The van der Waals surface area contributed by atoms with Crippen molar-refractivity contribution in [3.05, 3.63) is 82.7 Å². The summed E-state index contributed by atoms with van der Waals surface area (Å²) in [6.07, 6.45) is 1.46. The van der Waals surface area contributed by atoms with Gasteiger partial charge in [0.15, 0.2) is 11.2 Å². The van der Waals surface area contributed by atoms with Crippen LogP contribution in [0.15, 0.2) is 65.7 Å². The van der Waals surface area contributed by atoms with Crippen LogP contribution in [-0.2, 0) is 6.54 Å². The summed E-state index contributed by atoms with van der Waals surface area (Å²) >= 11 is 0. The number of aromatic nitrogens is 5. The van der Waals surface area contributed by atoms with E-state index in [2.05, 4.69) is 15.3 Å². The number of nitrogens with zero attached hydrogens (tertiary/aromatic N) is 5. The van der Waals surface area contributed by atoms with Crippen molar-refractivity contribution in [3.8, 4) is 5.69 Å². The minimum atomic E-state index is -0.314. The molecule has 24 heavy (non-hydrogen) atoms. The van der Waals surface area contributed by atoms with E-state index in [-0.39, 0.29) is 16.9 Å². The molecule has 118 valence electrons. The van der Waals surface area contributed by atoms with E-state index >= 15 is 0 Å². The molecular weight excluding hydrogens is 309 g/mol. The van der Waals surface area contributed by atoms with Gasteiger partial charge in [0.05, 0.1) is 12.2 Å². The highest BCUT2D eigenvalue weighted by Crippen LogP contribution is 2.11. The third-order valence-corrected chi connectivity index (χ3v) is 3.70. The van der Waals surface area contributed by atoms with Gasteiger partial charge in [-0.05, 0) is 29.8 Å².